The Labute approximate surface area is 195 Å². The molecule has 0 fully saturated rings. The lowest BCUT2D eigenvalue weighted by Crippen LogP contribution is -2.34. The molecule has 9 nitrogen and oxygen atoms in total. The molecule has 0 bridgehead atoms. The van der Waals surface area contributed by atoms with Gasteiger partial charge in [0.25, 0.3) is 0 Å². The number of rotatable bonds is 9. The van der Waals surface area contributed by atoms with Crippen LogP contribution in [0, 0.1) is 0 Å². The normalized spacial score (nSPS) is 17.1. The Morgan fingerprint density at radius 1 is 0.912 bits per heavy atom. The quantitative estimate of drug-likeness (QED) is 0.309. The first-order valence-corrected chi connectivity index (χ1v) is 10.9. The fourth-order valence-electron chi connectivity index (χ4n) is 4.08. The average Bonchev–Trinajstić information content (AvgIpc) is 3.24. The van der Waals surface area contributed by atoms with Crippen LogP contribution in [0.2, 0.25) is 0 Å². The Kier molecular flexibility index (Phi) is 6.66. The van der Waals surface area contributed by atoms with Crippen LogP contribution in [0.15, 0.2) is 40.8 Å². The molecule has 1 aliphatic rings. The van der Waals surface area contributed by atoms with E-state index in [4.69, 9.17) is 24.1 Å². The summed E-state index contributed by atoms with van der Waals surface area (Å²) in [6.07, 6.45) is -3.57. The van der Waals surface area contributed by atoms with Crippen molar-refractivity contribution in [3.63, 3.8) is 0 Å². The summed E-state index contributed by atoms with van der Waals surface area (Å²) in [5.74, 6) is 1.16. The van der Waals surface area contributed by atoms with E-state index in [-0.39, 0.29) is 19.0 Å². The van der Waals surface area contributed by atoms with Crippen LogP contribution in [0.3, 0.4) is 0 Å². The van der Waals surface area contributed by atoms with Crippen molar-refractivity contribution in [2.24, 2.45) is 0 Å². The van der Waals surface area contributed by atoms with Crippen LogP contribution in [0.4, 0.5) is 0 Å². The minimum atomic E-state index is -1.31. The predicted molar refractivity (Wildman–Crippen MR) is 121 cm³/mol. The Morgan fingerprint density at radius 2 is 1.59 bits per heavy atom. The van der Waals surface area contributed by atoms with E-state index in [1.165, 1.54) is 0 Å². The van der Waals surface area contributed by atoms with E-state index in [9.17, 15) is 20.1 Å². The number of fused-ring (bicyclic) bond motifs is 4. The predicted octanol–water partition coefficient (Wildman–Crippen LogP) is 1.13. The van der Waals surface area contributed by atoms with Gasteiger partial charge in [-0.15, -0.1) is 0 Å². The molecule has 34 heavy (non-hydrogen) atoms. The van der Waals surface area contributed by atoms with Gasteiger partial charge in [0.1, 0.15) is 54.4 Å². The second-order valence-electron chi connectivity index (χ2n) is 8.90. The van der Waals surface area contributed by atoms with Crippen LogP contribution in [0.5, 0.6) is 11.5 Å². The van der Waals surface area contributed by atoms with Gasteiger partial charge in [0.15, 0.2) is 5.78 Å². The van der Waals surface area contributed by atoms with E-state index in [0.717, 1.165) is 0 Å². The number of furan rings is 1. The third-order valence-corrected chi connectivity index (χ3v) is 6.07. The van der Waals surface area contributed by atoms with Gasteiger partial charge in [-0.1, -0.05) is 0 Å². The van der Waals surface area contributed by atoms with Crippen molar-refractivity contribution in [3.05, 3.63) is 58.8 Å². The van der Waals surface area contributed by atoms with E-state index in [1.54, 1.807) is 36.4 Å². The zero-order valence-corrected chi connectivity index (χ0v) is 18.9. The number of hydrogen-bond donors (Lipinski definition) is 5. The number of aliphatic hydroxyl groups excluding tert-OH is 5. The first-order chi connectivity index (χ1) is 16.2. The molecule has 3 aromatic rings. The molecule has 3 atom stereocenters. The summed E-state index contributed by atoms with van der Waals surface area (Å²) in [6, 6.07) is 10.1. The van der Waals surface area contributed by atoms with Crippen molar-refractivity contribution in [3.8, 4) is 11.5 Å². The van der Waals surface area contributed by atoms with E-state index >= 15 is 0 Å². The maximum atomic E-state index is 13.4. The van der Waals surface area contributed by atoms with Gasteiger partial charge < -0.3 is 39.4 Å². The zero-order valence-electron chi connectivity index (χ0n) is 18.9. The molecule has 0 saturated heterocycles. The molecule has 0 aliphatic heterocycles. The fraction of sp³-hybridized carbons (Fsp3) is 0.400. The highest BCUT2D eigenvalue weighted by Gasteiger charge is 2.41. The van der Waals surface area contributed by atoms with Crippen LogP contribution in [-0.4, -0.2) is 76.1 Å². The molecule has 2 aromatic carbocycles. The SMILES string of the molecule is CC1(C)c2cc(OC[C@@H](O)[C@H](O)CO)ccc2C(=O)c2c1oc1cc(OC[C@@H](O)CO)ccc21. The molecular weight excluding hydrogens is 444 g/mol. The zero-order chi connectivity index (χ0) is 24.6. The Morgan fingerprint density at radius 3 is 2.29 bits per heavy atom. The molecule has 9 heteroatoms. The Hall–Kier alpha value is -2.95. The lowest BCUT2D eigenvalue weighted by Gasteiger charge is -2.31. The summed E-state index contributed by atoms with van der Waals surface area (Å²) in [7, 11) is 0. The molecular formula is C25H28O9. The lowest BCUT2D eigenvalue weighted by atomic mass is 9.71. The Balaban J connectivity index is 1.66. The molecule has 1 heterocycles. The van der Waals surface area contributed by atoms with Crippen molar-refractivity contribution in [1.82, 2.24) is 0 Å². The summed E-state index contributed by atoms with van der Waals surface area (Å²) in [5, 5.41) is 47.4. The largest absolute Gasteiger partial charge is 0.491 e. The van der Waals surface area contributed by atoms with Crippen molar-refractivity contribution in [2.75, 3.05) is 26.4 Å². The van der Waals surface area contributed by atoms with Crippen molar-refractivity contribution < 1.29 is 44.2 Å². The molecule has 1 aromatic heterocycles. The smallest absolute Gasteiger partial charge is 0.197 e. The first kappa shape index (κ1) is 24.2. The molecule has 182 valence electrons. The first-order valence-electron chi connectivity index (χ1n) is 10.9. The molecule has 0 unspecified atom stereocenters. The maximum Gasteiger partial charge on any atom is 0.197 e. The molecule has 4 rings (SSSR count). The summed E-state index contributed by atoms with van der Waals surface area (Å²) < 4.78 is 17.2. The fourth-order valence-corrected chi connectivity index (χ4v) is 4.08. The number of benzene rings is 2. The standard InChI is InChI=1S/C25H28O9/c1-25(2)18-7-14(33-12-20(30)19(29)10-27)3-5-16(18)23(31)22-17-6-4-15(32-11-13(28)9-26)8-21(17)34-24(22)25/h3-8,13,19-20,26-30H,9-12H2,1-2H3/t13-,19+,20+/m0/s1. The number of ketones is 1. The van der Waals surface area contributed by atoms with E-state index in [1.807, 2.05) is 13.8 Å². The molecule has 0 saturated carbocycles. The van der Waals surface area contributed by atoms with E-state index in [2.05, 4.69) is 0 Å². The highest BCUT2D eigenvalue weighted by atomic mass is 16.5. The van der Waals surface area contributed by atoms with Gasteiger partial charge in [-0.25, -0.2) is 0 Å². The van der Waals surface area contributed by atoms with Crippen LogP contribution in [0.1, 0.15) is 41.1 Å². The highest BCUT2D eigenvalue weighted by Crippen LogP contribution is 2.46. The van der Waals surface area contributed by atoms with Crippen LogP contribution < -0.4 is 9.47 Å². The molecule has 1 aliphatic carbocycles. The Bertz CT molecular complexity index is 1200. The number of carbonyl (C=O) groups is 1. The minimum absolute atomic E-state index is 0.0783. The van der Waals surface area contributed by atoms with Crippen molar-refractivity contribution in [1.29, 1.82) is 0 Å². The van der Waals surface area contributed by atoms with E-state index in [0.29, 0.717) is 44.9 Å². The number of carbonyl (C=O) groups excluding carboxylic acids is 1. The molecule has 5 N–H and O–H groups in total. The number of hydrogen-bond acceptors (Lipinski definition) is 9. The van der Waals surface area contributed by atoms with Gasteiger partial charge in [0.05, 0.1) is 18.8 Å². The third kappa shape index (κ3) is 4.28. The second kappa shape index (κ2) is 9.36. The lowest BCUT2D eigenvalue weighted by molar-refractivity contribution is -0.0339. The second-order valence-corrected chi connectivity index (χ2v) is 8.90. The van der Waals surface area contributed by atoms with Crippen LogP contribution in [-0.2, 0) is 5.41 Å². The molecule has 0 spiro atoms. The summed E-state index contributed by atoms with van der Waals surface area (Å²) in [6.45, 7) is 2.57. The summed E-state index contributed by atoms with van der Waals surface area (Å²) in [4.78, 5) is 13.4. The monoisotopic (exact) mass is 472 g/mol. The third-order valence-electron chi connectivity index (χ3n) is 6.07. The highest BCUT2D eigenvalue weighted by molar-refractivity contribution is 6.19. The van der Waals surface area contributed by atoms with Gasteiger partial charge in [-0.3, -0.25) is 4.79 Å². The maximum absolute atomic E-state index is 13.4. The molecule has 0 amide bonds. The molecule has 0 radical (unpaired) electrons. The summed E-state index contributed by atoms with van der Waals surface area (Å²) in [5.41, 5.74) is 1.46. The van der Waals surface area contributed by atoms with Gasteiger partial charge in [0, 0.05) is 22.4 Å². The average molecular weight is 472 g/mol. The van der Waals surface area contributed by atoms with Crippen molar-refractivity contribution in [2.45, 2.75) is 37.6 Å². The van der Waals surface area contributed by atoms with E-state index < -0.39 is 36.9 Å². The van der Waals surface area contributed by atoms with Crippen molar-refractivity contribution >= 4 is 16.8 Å². The topological polar surface area (TPSA) is 150 Å². The van der Waals surface area contributed by atoms with Gasteiger partial charge in [-0.2, -0.15) is 0 Å². The van der Waals surface area contributed by atoms with Crippen LogP contribution >= 0.6 is 0 Å². The van der Waals surface area contributed by atoms with Gasteiger partial charge >= 0.3 is 0 Å². The van der Waals surface area contributed by atoms with Gasteiger partial charge in [-0.05, 0) is 49.7 Å². The minimum Gasteiger partial charge on any atom is -0.491 e. The van der Waals surface area contributed by atoms with Crippen LogP contribution in [0.25, 0.3) is 11.0 Å². The number of aliphatic hydroxyl groups is 5. The summed E-state index contributed by atoms with van der Waals surface area (Å²) >= 11 is 0. The van der Waals surface area contributed by atoms with Gasteiger partial charge in [0.2, 0.25) is 0 Å². The number of ether oxygens (including phenoxy) is 2.